The van der Waals surface area contributed by atoms with E-state index in [2.05, 4.69) is 15.3 Å². The third-order valence-electron chi connectivity index (χ3n) is 4.43. The van der Waals surface area contributed by atoms with Gasteiger partial charge in [-0.3, -0.25) is 4.98 Å². The van der Waals surface area contributed by atoms with Crippen molar-refractivity contribution < 1.29 is 9.47 Å². The Balaban J connectivity index is 1.50. The fourth-order valence-electron chi connectivity index (χ4n) is 2.98. The lowest BCUT2D eigenvalue weighted by Crippen LogP contribution is -2.01. The van der Waals surface area contributed by atoms with Crippen LogP contribution >= 0.6 is 0 Å². The van der Waals surface area contributed by atoms with Crippen molar-refractivity contribution in [3.8, 4) is 28.5 Å². The topological polar surface area (TPSA) is 56.3 Å². The molecule has 0 bridgehead atoms. The lowest BCUT2D eigenvalue weighted by molar-refractivity contribution is 0.415. The van der Waals surface area contributed by atoms with E-state index in [1.165, 1.54) is 0 Å². The Morgan fingerprint density at radius 1 is 0.793 bits per heavy atom. The molecule has 0 aliphatic rings. The molecule has 0 saturated carbocycles. The molecule has 1 N–H and O–H groups in total. The fourth-order valence-corrected chi connectivity index (χ4v) is 2.98. The van der Waals surface area contributed by atoms with Gasteiger partial charge in [0.15, 0.2) is 0 Å². The van der Waals surface area contributed by atoms with Crippen molar-refractivity contribution in [1.29, 1.82) is 0 Å². The highest BCUT2D eigenvalue weighted by molar-refractivity contribution is 5.74. The summed E-state index contributed by atoms with van der Waals surface area (Å²) in [6, 6.07) is 25.5. The van der Waals surface area contributed by atoms with E-state index in [0.717, 1.165) is 28.3 Å². The standard InChI is InChI=1S/C24H21N3O2/c1-28-23-12-6-5-10-21(23)22-11-7-15-25-24(22)29-20-14-13-19(27-17-20)16-26-18-8-3-2-4-9-18/h2-15,17,26H,16H2,1H3. The Morgan fingerprint density at radius 3 is 2.38 bits per heavy atom. The van der Waals surface area contributed by atoms with Gasteiger partial charge in [0, 0.05) is 23.0 Å². The molecule has 4 rings (SSSR count). The van der Waals surface area contributed by atoms with E-state index in [4.69, 9.17) is 9.47 Å². The highest BCUT2D eigenvalue weighted by Gasteiger charge is 2.12. The van der Waals surface area contributed by atoms with Crippen LogP contribution in [0.15, 0.2) is 91.3 Å². The highest BCUT2D eigenvalue weighted by Crippen LogP contribution is 2.36. The van der Waals surface area contributed by atoms with Crippen molar-refractivity contribution in [3.63, 3.8) is 0 Å². The molecule has 2 heterocycles. The van der Waals surface area contributed by atoms with Crippen LogP contribution in [0.25, 0.3) is 11.1 Å². The molecule has 0 unspecified atom stereocenters. The van der Waals surface area contributed by atoms with Crippen molar-refractivity contribution in [1.82, 2.24) is 9.97 Å². The minimum Gasteiger partial charge on any atom is -0.496 e. The number of anilines is 1. The predicted octanol–water partition coefficient (Wildman–Crippen LogP) is 5.56. The van der Waals surface area contributed by atoms with E-state index in [1.807, 2.05) is 78.9 Å². The Kier molecular flexibility index (Phi) is 5.67. The summed E-state index contributed by atoms with van der Waals surface area (Å²) in [6.45, 7) is 0.639. The molecular formula is C24H21N3O2. The van der Waals surface area contributed by atoms with Gasteiger partial charge in [-0.05, 0) is 42.5 Å². The van der Waals surface area contributed by atoms with E-state index in [0.29, 0.717) is 18.2 Å². The second-order valence-electron chi connectivity index (χ2n) is 6.36. The van der Waals surface area contributed by atoms with Gasteiger partial charge in [-0.2, -0.15) is 0 Å². The van der Waals surface area contributed by atoms with E-state index in [-0.39, 0.29) is 0 Å². The average Bonchev–Trinajstić information content (AvgIpc) is 2.80. The fraction of sp³-hybridized carbons (Fsp3) is 0.0833. The molecule has 5 heteroatoms. The Bertz CT molecular complexity index is 1070. The van der Waals surface area contributed by atoms with Crippen LogP contribution in [0.2, 0.25) is 0 Å². The normalized spacial score (nSPS) is 10.4. The summed E-state index contributed by atoms with van der Waals surface area (Å²) in [4.78, 5) is 8.89. The van der Waals surface area contributed by atoms with Gasteiger partial charge >= 0.3 is 0 Å². The molecule has 2 aromatic carbocycles. The summed E-state index contributed by atoms with van der Waals surface area (Å²) in [5.41, 5.74) is 3.77. The molecule has 0 aliphatic heterocycles. The number of pyridine rings is 2. The van der Waals surface area contributed by atoms with Crippen LogP contribution in [0.5, 0.6) is 17.4 Å². The second kappa shape index (κ2) is 8.89. The Labute approximate surface area is 170 Å². The van der Waals surface area contributed by atoms with Crippen molar-refractivity contribution in [2.75, 3.05) is 12.4 Å². The largest absolute Gasteiger partial charge is 0.496 e. The summed E-state index contributed by atoms with van der Waals surface area (Å²) in [5.74, 6) is 1.91. The maximum atomic E-state index is 6.03. The quantitative estimate of drug-likeness (QED) is 0.453. The summed E-state index contributed by atoms with van der Waals surface area (Å²) in [6.07, 6.45) is 3.42. The molecule has 0 spiro atoms. The molecule has 5 nitrogen and oxygen atoms in total. The summed E-state index contributed by atoms with van der Waals surface area (Å²) < 4.78 is 11.5. The number of nitrogens with one attached hydrogen (secondary N) is 1. The summed E-state index contributed by atoms with van der Waals surface area (Å²) in [5, 5.41) is 3.34. The number of nitrogens with zero attached hydrogens (tertiary/aromatic N) is 2. The van der Waals surface area contributed by atoms with Crippen LogP contribution in [0, 0.1) is 0 Å². The van der Waals surface area contributed by atoms with E-state index < -0.39 is 0 Å². The number of para-hydroxylation sites is 2. The van der Waals surface area contributed by atoms with Crippen LogP contribution in [0.1, 0.15) is 5.69 Å². The van der Waals surface area contributed by atoms with Gasteiger partial charge in [0.25, 0.3) is 0 Å². The molecular weight excluding hydrogens is 362 g/mol. The SMILES string of the molecule is COc1ccccc1-c1cccnc1Oc1ccc(CNc2ccccc2)nc1. The number of hydrogen-bond acceptors (Lipinski definition) is 5. The Morgan fingerprint density at radius 2 is 1.59 bits per heavy atom. The maximum absolute atomic E-state index is 6.03. The van der Waals surface area contributed by atoms with Gasteiger partial charge in [-0.25, -0.2) is 4.98 Å². The highest BCUT2D eigenvalue weighted by atomic mass is 16.5. The summed E-state index contributed by atoms with van der Waals surface area (Å²) >= 11 is 0. The van der Waals surface area contributed by atoms with Gasteiger partial charge in [0.05, 0.1) is 25.5 Å². The molecule has 0 fully saturated rings. The number of hydrogen-bond donors (Lipinski definition) is 1. The third-order valence-corrected chi connectivity index (χ3v) is 4.43. The first-order valence-electron chi connectivity index (χ1n) is 9.33. The first-order valence-corrected chi connectivity index (χ1v) is 9.33. The van der Waals surface area contributed by atoms with Gasteiger partial charge < -0.3 is 14.8 Å². The van der Waals surface area contributed by atoms with Crippen LogP contribution in [-0.4, -0.2) is 17.1 Å². The van der Waals surface area contributed by atoms with E-state index in [1.54, 1.807) is 19.5 Å². The minimum absolute atomic E-state index is 0.508. The maximum Gasteiger partial charge on any atom is 0.227 e. The van der Waals surface area contributed by atoms with Crippen molar-refractivity contribution >= 4 is 5.69 Å². The first kappa shape index (κ1) is 18.5. The number of benzene rings is 2. The lowest BCUT2D eigenvalue weighted by atomic mass is 10.1. The number of methoxy groups -OCH3 is 1. The molecule has 2 aromatic heterocycles. The van der Waals surface area contributed by atoms with E-state index >= 15 is 0 Å². The number of rotatable bonds is 7. The van der Waals surface area contributed by atoms with Gasteiger partial charge in [-0.1, -0.05) is 36.4 Å². The van der Waals surface area contributed by atoms with Crippen LogP contribution < -0.4 is 14.8 Å². The van der Waals surface area contributed by atoms with Crippen molar-refractivity contribution in [2.24, 2.45) is 0 Å². The predicted molar refractivity (Wildman–Crippen MR) is 114 cm³/mol. The van der Waals surface area contributed by atoms with Gasteiger partial charge in [0.2, 0.25) is 5.88 Å². The molecule has 0 amide bonds. The lowest BCUT2D eigenvalue weighted by Gasteiger charge is -2.13. The first-order chi connectivity index (χ1) is 14.3. The third kappa shape index (κ3) is 4.52. The number of aromatic nitrogens is 2. The van der Waals surface area contributed by atoms with Crippen molar-refractivity contribution in [3.05, 3.63) is 97.0 Å². The number of ether oxygens (including phenoxy) is 2. The monoisotopic (exact) mass is 383 g/mol. The zero-order valence-electron chi connectivity index (χ0n) is 16.1. The molecule has 0 radical (unpaired) electrons. The molecule has 144 valence electrons. The zero-order valence-corrected chi connectivity index (χ0v) is 16.1. The van der Waals surface area contributed by atoms with Crippen LogP contribution in [0.3, 0.4) is 0 Å². The molecule has 0 atom stereocenters. The minimum atomic E-state index is 0.508. The van der Waals surface area contributed by atoms with Gasteiger partial charge in [-0.15, -0.1) is 0 Å². The molecule has 29 heavy (non-hydrogen) atoms. The van der Waals surface area contributed by atoms with Crippen LogP contribution in [-0.2, 0) is 6.54 Å². The smallest absolute Gasteiger partial charge is 0.227 e. The zero-order chi connectivity index (χ0) is 19.9. The second-order valence-corrected chi connectivity index (χ2v) is 6.36. The van der Waals surface area contributed by atoms with Gasteiger partial charge in [0.1, 0.15) is 11.5 Å². The van der Waals surface area contributed by atoms with Crippen molar-refractivity contribution in [2.45, 2.75) is 6.54 Å². The van der Waals surface area contributed by atoms with Crippen LogP contribution in [0.4, 0.5) is 5.69 Å². The molecule has 0 saturated heterocycles. The summed E-state index contributed by atoms with van der Waals surface area (Å²) in [7, 11) is 1.65. The van der Waals surface area contributed by atoms with E-state index in [9.17, 15) is 0 Å². The molecule has 4 aromatic rings. The Hall–Kier alpha value is -3.86. The average molecular weight is 383 g/mol. The molecule has 0 aliphatic carbocycles.